The van der Waals surface area contributed by atoms with Gasteiger partial charge in [0.2, 0.25) is 0 Å². The number of nitrogens with zero attached hydrogens (tertiary/aromatic N) is 2. The number of hydrogen-bond donors (Lipinski definition) is 2. The predicted molar refractivity (Wildman–Crippen MR) is 127 cm³/mol. The minimum absolute atomic E-state index is 0.0757. The summed E-state index contributed by atoms with van der Waals surface area (Å²) in [4.78, 5) is 19.2. The number of aliphatic hydroxyl groups is 1. The molecule has 2 N–H and O–H groups in total. The lowest BCUT2D eigenvalue weighted by molar-refractivity contribution is -0.123. The molecule has 0 unspecified atom stereocenters. The third-order valence-corrected chi connectivity index (χ3v) is 10.4. The Bertz CT molecular complexity index is 727. The van der Waals surface area contributed by atoms with E-state index in [0.29, 0.717) is 23.8 Å². The summed E-state index contributed by atoms with van der Waals surface area (Å²) < 4.78 is 0. The van der Waals surface area contributed by atoms with Crippen molar-refractivity contribution in [1.29, 1.82) is 0 Å². The maximum atomic E-state index is 12.3. The van der Waals surface area contributed by atoms with Crippen molar-refractivity contribution in [2.45, 2.75) is 84.7 Å². The molecular formula is C26H45N3O3. The van der Waals surface area contributed by atoms with Gasteiger partial charge in [0.25, 0.3) is 0 Å². The van der Waals surface area contributed by atoms with Gasteiger partial charge in [0.15, 0.2) is 0 Å². The summed E-state index contributed by atoms with van der Waals surface area (Å²) in [5, 5.41) is 17.6. The molecule has 0 bridgehead atoms. The molecule has 0 saturated heterocycles. The maximum Gasteiger partial charge on any atom is 0.435 e. The van der Waals surface area contributed by atoms with Gasteiger partial charge in [-0.25, -0.2) is 4.79 Å². The molecule has 4 fully saturated rings. The van der Waals surface area contributed by atoms with Crippen LogP contribution in [0.4, 0.5) is 4.79 Å². The Balaban J connectivity index is 1.44. The van der Waals surface area contributed by atoms with Crippen LogP contribution in [-0.4, -0.2) is 55.1 Å². The van der Waals surface area contributed by atoms with Crippen LogP contribution in [0.5, 0.6) is 0 Å². The highest BCUT2D eigenvalue weighted by Crippen LogP contribution is 2.67. The van der Waals surface area contributed by atoms with Crippen LogP contribution in [0, 0.1) is 40.4 Å². The van der Waals surface area contributed by atoms with Gasteiger partial charge in [0.1, 0.15) is 0 Å². The number of oxime groups is 1. The molecule has 1 amide bonds. The molecule has 32 heavy (non-hydrogen) atoms. The third-order valence-electron chi connectivity index (χ3n) is 10.4. The summed E-state index contributed by atoms with van der Waals surface area (Å²) in [7, 11) is 3.62. The molecule has 0 spiro atoms. The Morgan fingerprint density at radius 3 is 2.56 bits per heavy atom. The van der Waals surface area contributed by atoms with Gasteiger partial charge < -0.3 is 15.3 Å². The van der Waals surface area contributed by atoms with Gasteiger partial charge in [0.05, 0.1) is 11.8 Å². The van der Waals surface area contributed by atoms with E-state index in [-0.39, 0.29) is 17.6 Å². The molecule has 0 aromatic heterocycles. The van der Waals surface area contributed by atoms with Crippen molar-refractivity contribution in [3.05, 3.63) is 0 Å². The molecule has 4 aliphatic rings. The number of rotatable bonds is 5. The molecule has 0 aromatic rings. The van der Waals surface area contributed by atoms with E-state index in [1.54, 1.807) is 11.9 Å². The Morgan fingerprint density at radius 1 is 1.09 bits per heavy atom. The molecule has 8 atom stereocenters. The van der Waals surface area contributed by atoms with Crippen LogP contribution < -0.4 is 5.32 Å². The lowest BCUT2D eigenvalue weighted by atomic mass is 9.44. The minimum atomic E-state index is -0.381. The number of likely N-dealkylation sites (N-methyl/N-ethyl adjacent to an activating group) is 2. The third kappa shape index (κ3) is 4.11. The molecule has 0 aromatic carbocycles. The van der Waals surface area contributed by atoms with Gasteiger partial charge in [-0.3, -0.25) is 4.84 Å². The summed E-state index contributed by atoms with van der Waals surface area (Å²) in [5.74, 6) is 3.47. The van der Waals surface area contributed by atoms with E-state index in [1.807, 2.05) is 7.05 Å². The normalized spacial score (nSPS) is 43.8. The Kier molecular flexibility index (Phi) is 6.94. The molecule has 4 rings (SSSR count). The average molecular weight is 448 g/mol. The van der Waals surface area contributed by atoms with Crippen LogP contribution in [0.15, 0.2) is 5.16 Å². The summed E-state index contributed by atoms with van der Waals surface area (Å²) in [6, 6.07) is 0. The first-order valence-electron chi connectivity index (χ1n) is 13.0. The van der Waals surface area contributed by atoms with Crippen molar-refractivity contribution in [1.82, 2.24) is 10.2 Å². The zero-order chi connectivity index (χ0) is 23.1. The van der Waals surface area contributed by atoms with Gasteiger partial charge in [-0.1, -0.05) is 19.0 Å². The smallest absolute Gasteiger partial charge is 0.393 e. The Labute approximate surface area is 194 Å². The van der Waals surface area contributed by atoms with Crippen LogP contribution in [0.2, 0.25) is 0 Å². The fourth-order valence-corrected chi connectivity index (χ4v) is 8.54. The second kappa shape index (κ2) is 9.25. The quantitative estimate of drug-likeness (QED) is 0.365. The van der Waals surface area contributed by atoms with Crippen molar-refractivity contribution >= 4 is 11.8 Å². The van der Waals surface area contributed by atoms with Crippen molar-refractivity contribution in [2.75, 3.05) is 27.2 Å². The van der Waals surface area contributed by atoms with E-state index in [2.05, 4.69) is 31.2 Å². The second-order valence-electron chi connectivity index (χ2n) is 11.9. The van der Waals surface area contributed by atoms with Gasteiger partial charge in [-0.2, -0.15) is 0 Å². The highest BCUT2D eigenvalue weighted by molar-refractivity contribution is 5.85. The molecule has 0 heterocycles. The minimum Gasteiger partial charge on any atom is -0.393 e. The number of carbonyl (C=O) groups excluding carboxylic acids is 1. The highest BCUT2D eigenvalue weighted by Gasteiger charge is 2.60. The predicted octanol–water partition coefficient (Wildman–Crippen LogP) is 4.67. The number of fused-ring (bicyclic) bond motifs is 5. The summed E-state index contributed by atoms with van der Waals surface area (Å²) >= 11 is 0. The Morgan fingerprint density at radius 2 is 1.81 bits per heavy atom. The number of amides is 1. The van der Waals surface area contributed by atoms with E-state index in [0.717, 1.165) is 49.3 Å². The topological polar surface area (TPSA) is 74.2 Å². The molecule has 182 valence electrons. The highest BCUT2D eigenvalue weighted by atomic mass is 16.7. The first kappa shape index (κ1) is 24.0. The lowest BCUT2D eigenvalue weighted by Crippen LogP contribution is -2.54. The standard InChI is InChI=1S/C26H45N3O3/c1-17(28-32-24(31)29(5)15-14-27-4)21-8-9-22-20-7-6-18-16-19(30)10-12-25(18,2)23(20)11-13-26(21,22)3/h18-23,27,30H,6-16H2,1-5H3/b28-17+/t18-,19+,20+,21-,22+,23+,25+,26-/m1/s1. The molecule has 0 radical (unpaired) electrons. The maximum absolute atomic E-state index is 12.3. The van der Waals surface area contributed by atoms with E-state index in [4.69, 9.17) is 4.84 Å². The molecule has 0 aliphatic heterocycles. The molecular weight excluding hydrogens is 402 g/mol. The largest absolute Gasteiger partial charge is 0.435 e. The van der Waals surface area contributed by atoms with E-state index in [1.165, 1.54) is 38.5 Å². The monoisotopic (exact) mass is 447 g/mol. The van der Waals surface area contributed by atoms with Crippen LogP contribution in [0.25, 0.3) is 0 Å². The van der Waals surface area contributed by atoms with Crippen LogP contribution in [0.1, 0.15) is 78.6 Å². The zero-order valence-electron chi connectivity index (χ0n) is 20.9. The van der Waals surface area contributed by atoms with Crippen LogP contribution in [0.3, 0.4) is 0 Å². The SMILES string of the molecule is CNCCN(C)C(=O)O/N=C(\C)[C@H]1CC[C@H]2[C@@H]3CC[C@@H]4C[C@@H](O)CC[C@]4(C)[C@H]3CC[C@]12C. The fraction of sp³-hybridized carbons (Fsp3) is 0.923. The molecule has 6 nitrogen and oxygen atoms in total. The first-order valence-corrected chi connectivity index (χ1v) is 13.0. The Hall–Kier alpha value is -1.14. The van der Waals surface area contributed by atoms with Gasteiger partial charge in [-0.15, -0.1) is 0 Å². The van der Waals surface area contributed by atoms with E-state index < -0.39 is 0 Å². The number of nitrogens with one attached hydrogen (secondary N) is 1. The fourth-order valence-electron chi connectivity index (χ4n) is 8.54. The first-order chi connectivity index (χ1) is 15.2. The van der Waals surface area contributed by atoms with Crippen LogP contribution in [-0.2, 0) is 4.84 Å². The van der Waals surface area contributed by atoms with Crippen molar-refractivity contribution in [3.8, 4) is 0 Å². The number of carbonyl (C=O) groups is 1. The summed E-state index contributed by atoms with van der Waals surface area (Å²) in [6.45, 7) is 8.44. The van der Waals surface area contributed by atoms with Crippen molar-refractivity contribution in [3.63, 3.8) is 0 Å². The number of hydrogen-bond acceptors (Lipinski definition) is 5. The van der Waals surface area contributed by atoms with Crippen molar-refractivity contribution in [2.24, 2.45) is 45.6 Å². The summed E-state index contributed by atoms with van der Waals surface area (Å²) in [6.07, 6.45) is 10.3. The van der Waals surface area contributed by atoms with Gasteiger partial charge in [0, 0.05) is 26.1 Å². The summed E-state index contributed by atoms with van der Waals surface area (Å²) in [5.41, 5.74) is 1.67. The second-order valence-corrected chi connectivity index (χ2v) is 11.9. The van der Waals surface area contributed by atoms with Crippen molar-refractivity contribution < 1.29 is 14.7 Å². The molecule has 4 saturated carbocycles. The van der Waals surface area contributed by atoms with Gasteiger partial charge in [-0.05, 0) is 106 Å². The van der Waals surface area contributed by atoms with E-state index >= 15 is 0 Å². The number of aliphatic hydroxyl groups excluding tert-OH is 1. The molecule has 6 heteroatoms. The van der Waals surface area contributed by atoms with Gasteiger partial charge >= 0.3 is 6.09 Å². The average Bonchev–Trinajstić information content (AvgIpc) is 3.13. The van der Waals surface area contributed by atoms with E-state index in [9.17, 15) is 9.90 Å². The lowest BCUT2D eigenvalue weighted by Gasteiger charge is -2.61. The molecule has 4 aliphatic carbocycles. The van der Waals surface area contributed by atoms with Crippen LogP contribution >= 0.6 is 0 Å². The zero-order valence-corrected chi connectivity index (χ0v) is 20.9.